The van der Waals surface area contributed by atoms with Crippen molar-refractivity contribution in [3.05, 3.63) is 12.2 Å². The number of hydrogen-bond acceptors (Lipinski definition) is 4. The fraction of sp³-hybridized carbons (Fsp3) is 0.500. The fourth-order valence-electron chi connectivity index (χ4n) is 0.468. The lowest BCUT2D eigenvalue weighted by Gasteiger charge is -1.96. The summed E-state index contributed by atoms with van der Waals surface area (Å²) < 4.78 is 8.88. The van der Waals surface area contributed by atoms with E-state index in [0.717, 1.165) is 6.42 Å². The molecular weight excluding hydrogens is 215 g/mol. The topological polar surface area (TPSA) is 124 Å². The van der Waals surface area contributed by atoms with Gasteiger partial charge in [0, 0.05) is 5.57 Å². The first-order valence-electron chi connectivity index (χ1n) is 3.54. The largest absolute Gasteiger partial charge is 0.466 e. The van der Waals surface area contributed by atoms with E-state index in [1.165, 1.54) is 0 Å². The average molecular weight is 228 g/mol. The Morgan fingerprint density at radius 1 is 1.43 bits per heavy atom. The first-order valence-corrected chi connectivity index (χ1v) is 5.10. The van der Waals surface area contributed by atoms with Crippen LogP contribution in [0.5, 0.6) is 0 Å². The van der Waals surface area contributed by atoms with E-state index < -0.39 is 13.8 Å². The Morgan fingerprint density at radius 2 is 1.79 bits per heavy atom. The number of hydrogen-bond donors (Lipinski definition) is 4. The second kappa shape index (κ2) is 7.66. The average Bonchev–Trinajstić information content (AvgIpc) is 2.00. The van der Waals surface area contributed by atoms with Crippen LogP contribution in [0.25, 0.3) is 0 Å². The van der Waals surface area contributed by atoms with Crippen LogP contribution >= 0.6 is 7.82 Å². The summed E-state index contributed by atoms with van der Waals surface area (Å²) in [4.78, 5) is 35.3. The second-order valence-corrected chi connectivity index (χ2v) is 3.27. The Morgan fingerprint density at radius 3 is 2.00 bits per heavy atom. The van der Waals surface area contributed by atoms with Crippen LogP contribution in [0, 0.1) is 0 Å². The zero-order valence-electron chi connectivity index (χ0n) is 7.58. The van der Waals surface area contributed by atoms with Crippen molar-refractivity contribution < 1.29 is 34.2 Å². The predicted molar refractivity (Wildman–Crippen MR) is 47.0 cm³/mol. The first kappa shape index (κ1) is 15.7. The monoisotopic (exact) mass is 228 g/mol. The van der Waals surface area contributed by atoms with Gasteiger partial charge in [0.2, 0.25) is 0 Å². The van der Waals surface area contributed by atoms with Gasteiger partial charge in [-0.2, -0.15) is 5.26 Å². The third-order valence-electron chi connectivity index (χ3n) is 0.923. The molecule has 8 heteroatoms. The van der Waals surface area contributed by atoms with Crippen LogP contribution in [0.2, 0.25) is 0 Å². The minimum atomic E-state index is -4.64. The highest BCUT2D eigenvalue weighted by molar-refractivity contribution is 7.45. The van der Waals surface area contributed by atoms with Gasteiger partial charge >= 0.3 is 13.8 Å². The van der Waals surface area contributed by atoms with E-state index in [4.69, 9.17) is 24.5 Å². The van der Waals surface area contributed by atoms with Crippen molar-refractivity contribution in [3.8, 4) is 0 Å². The number of carbonyl (C=O) groups is 1. The second-order valence-electron chi connectivity index (χ2n) is 2.25. The summed E-state index contributed by atoms with van der Waals surface area (Å²) in [5, 5.41) is 7.82. The molecule has 0 heterocycles. The van der Waals surface area contributed by atoms with Crippen LogP contribution in [0.15, 0.2) is 12.2 Å². The maximum Gasteiger partial charge on any atom is 0.466 e. The molecule has 0 atom stereocenters. The molecule has 0 rings (SSSR count). The summed E-state index contributed by atoms with van der Waals surface area (Å²) in [6.07, 6.45) is 1.40. The highest BCUT2D eigenvalue weighted by Gasteiger charge is 2.05. The first-order chi connectivity index (χ1) is 6.22. The highest BCUT2D eigenvalue weighted by Crippen LogP contribution is 2.25. The summed E-state index contributed by atoms with van der Waals surface area (Å²) in [6.45, 7) is 5.29. The Labute approximate surface area is 80.8 Å². The van der Waals surface area contributed by atoms with Crippen molar-refractivity contribution >= 4 is 13.8 Å². The van der Waals surface area contributed by atoms with Gasteiger partial charge in [-0.3, -0.25) is 4.89 Å². The zero-order valence-corrected chi connectivity index (χ0v) is 8.48. The summed E-state index contributed by atoms with van der Waals surface area (Å²) in [6, 6.07) is 0. The van der Waals surface area contributed by atoms with Crippen LogP contribution in [-0.4, -0.2) is 25.9 Å². The molecule has 0 amide bonds. The summed E-state index contributed by atoms with van der Waals surface area (Å²) >= 11 is 0. The van der Waals surface area contributed by atoms with Gasteiger partial charge in [0.15, 0.2) is 0 Å². The summed E-state index contributed by atoms with van der Waals surface area (Å²) in [5.41, 5.74) is 0.306. The van der Waals surface area contributed by atoms with E-state index in [9.17, 15) is 4.79 Å². The number of carbonyl (C=O) groups excluding carboxylic acids is 1. The zero-order chi connectivity index (χ0) is 11.8. The molecule has 0 aliphatic rings. The minimum Gasteiger partial charge on any atom is -0.303 e. The molecule has 7 nitrogen and oxygen atoms in total. The van der Waals surface area contributed by atoms with Crippen molar-refractivity contribution in [2.75, 3.05) is 0 Å². The van der Waals surface area contributed by atoms with Gasteiger partial charge in [-0.05, 0) is 6.42 Å². The lowest BCUT2D eigenvalue weighted by molar-refractivity contribution is -0.229. The molecule has 0 spiro atoms. The van der Waals surface area contributed by atoms with E-state index in [1.807, 2.05) is 6.92 Å². The standard InChI is InChI=1S/C6H10O3.H3O4P/c1-3-4-5(2)6(7)9-8;1-5(2,3)4/h8H,2-4H2,1H3;(H3,1,2,3,4). The molecule has 4 N–H and O–H groups in total. The Hall–Kier alpha value is -0.720. The molecule has 0 bridgehead atoms. The molecule has 0 fully saturated rings. The molecule has 0 aromatic rings. The highest BCUT2D eigenvalue weighted by atomic mass is 31.2. The van der Waals surface area contributed by atoms with Crippen LogP contribution in [-0.2, 0) is 14.2 Å². The van der Waals surface area contributed by atoms with Gasteiger partial charge in [-0.1, -0.05) is 19.9 Å². The van der Waals surface area contributed by atoms with E-state index in [0.29, 0.717) is 12.0 Å². The van der Waals surface area contributed by atoms with Crippen molar-refractivity contribution in [1.82, 2.24) is 0 Å². The van der Waals surface area contributed by atoms with Gasteiger partial charge < -0.3 is 14.7 Å². The Kier molecular flexibility index (Phi) is 8.61. The van der Waals surface area contributed by atoms with E-state index >= 15 is 0 Å². The van der Waals surface area contributed by atoms with Crippen molar-refractivity contribution in [2.45, 2.75) is 19.8 Å². The van der Waals surface area contributed by atoms with Crippen molar-refractivity contribution in [2.24, 2.45) is 0 Å². The van der Waals surface area contributed by atoms with E-state index in [2.05, 4.69) is 11.5 Å². The Balaban J connectivity index is 0. The molecule has 0 aromatic carbocycles. The number of rotatable bonds is 3. The van der Waals surface area contributed by atoms with Crippen molar-refractivity contribution in [3.63, 3.8) is 0 Å². The maximum absolute atomic E-state index is 10.3. The molecule has 0 aromatic heterocycles. The van der Waals surface area contributed by atoms with Crippen molar-refractivity contribution in [1.29, 1.82) is 0 Å². The summed E-state index contributed by atoms with van der Waals surface area (Å²) in [7, 11) is -4.64. The molecule has 0 radical (unpaired) electrons. The lowest BCUT2D eigenvalue weighted by atomic mass is 10.2. The van der Waals surface area contributed by atoms with E-state index in [1.54, 1.807) is 0 Å². The molecule has 0 saturated heterocycles. The fourth-order valence-corrected chi connectivity index (χ4v) is 0.468. The summed E-state index contributed by atoms with van der Waals surface area (Å²) in [5.74, 6) is -0.739. The third kappa shape index (κ3) is 17.4. The van der Waals surface area contributed by atoms with Crippen LogP contribution in [0.3, 0.4) is 0 Å². The van der Waals surface area contributed by atoms with Gasteiger partial charge in [-0.15, -0.1) is 0 Å². The minimum absolute atomic E-state index is 0.306. The quantitative estimate of drug-likeness (QED) is 0.239. The normalized spacial score (nSPS) is 9.79. The molecule has 0 saturated carbocycles. The van der Waals surface area contributed by atoms with Crippen LogP contribution < -0.4 is 0 Å². The molecule has 0 aliphatic carbocycles. The van der Waals surface area contributed by atoms with Gasteiger partial charge in [-0.25, -0.2) is 9.36 Å². The smallest absolute Gasteiger partial charge is 0.303 e. The molecule has 0 unspecified atom stereocenters. The maximum atomic E-state index is 10.3. The number of phosphoric acid groups is 1. The lowest BCUT2D eigenvalue weighted by Crippen LogP contribution is -2.02. The van der Waals surface area contributed by atoms with Crippen LogP contribution in [0.4, 0.5) is 0 Å². The third-order valence-corrected chi connectivity index (χ3v) is 0.923. The van der Waals surface area contributed by atoms with Gasteiger partial charge in [0.25, 0.3) is 0 Å². The van der Waals surface area contributed by atoms with E-state index in [-0.39, 0.29) is 0 Å². The SMILES string of the molecule is C=C(CCC)C(=O)OO.O=P(O)(O)O. The van der Waals surface area contributed by atoms with Crippen LogP contribution in [0.1, 0.15) is 19.8 Å². The predicted octanol–water partition coefficient (Wildman–Crippen LogP) is 0.430. The van der Waals surface area contributed by atoms with Gasteiger partial charge in [0.1, 0.15) is 0 Å². The Bertz CT molecular complexity index is 222. The molecule has 14 heavy (non-hydrogen) atoms. The molecular formula is C6H13O7P. The molecule has 0 aliphatic heterocycles. The molecule has 84 valence electrons. The van der Waals surface area contributed by atoms with Gasteiger partial charge in [0.05, 0.1) is 0 Å².